The number of aryl methyl sites for hydroxylation is 1. The van der Waals surface area contributed by atoms with E-state index >= 15 is 0 Å². The second-order valence-electron chi connectivity index (χ2n) is 4.61. The molecule has 0 saturated carbocycles. The highest BCUT2D eigenvalue weighted by molar-refractivity contribution is 5.88. The van der Waals surface area contributed by atoms with Gasteiger partial charge in [-0.25, -0.2) is 0 Å². The predicted octanol–water partition coefficient (Wildman–Crippen LogP) is 4.24. The van der Waals surface area contributed by atoms with Crippen LogP contribution in [0.5, 0.6) is 5.75 Å². The summed E-state index contributed by atoms with van der Waals surface area (Å²) < 4.78 is 7.78. The van der Waals surface area contributed by atoms with Crippen molar-refractivity contribution in [3.8, 4) is 17.0 Å². The molecule has 0 N–H and O–H groups in total. The molecule has 0 atom stereocenters. The van der Waals surface area contributed by atoms with Gasteiger partial charge in [0.25, 0.3) is 0 Å². The van der Waals surface area contributed by atoms with Crippen molar-refractivity contribution in [2.75, 3.05) is 6.61 Å². The van der Waals surface area contributed by atoms with E-state index in [-0.39, 0.29) is 0 Å². The minimum atomic E-state index is 0.698. The number of rotatable bonds is 3. The summed E-state index contributed by atoms with van der Waals surface area (Å²) in [7, 11) is 2.10. The summed E-state index contributed by atoms with van der Waals surface area (Å²) >= 11 is 0. The van der Waals surface area contributed by atoms with Crippen LogP contribution in [0, 0.1) is 0 Å². The van der Waals surface area contributed by atoms with Gasteiger partial charge in [-0.05, 0) is 36.8 Å². The highest BCUT2D eigenvalue weighted by Crippen LogP contribution is 2.29. The molecular weight excluding hydrogens is 234 g/mol. The third-order valence-electron chi connectivity index (χ3n) is 3.39. The summed E-state index contributed by atoms with van der Waals surface area (Å²) in [5.74, 6) is 0.931. The molecule has 0 unspecified atom stereocenters. The second kappa shape index (κ2) is 4.81. The fourth-order valence-electron chi connectivity index (χ4n) is 2.47. The van der Waals surface area contributed by atoms with E-state index in [0.717, 1.165) is 5.75 Å². The second-order valence-corrected chi connectivity index (χ2v) is 4.61. The zero-order valence-electron chi connectivity index (χ0n) is 11.3. The smallest absolute Gasteiger partial charge is 0.120 e. The molecule has 1 aromatic heterocycles. The lowest BCUT2D eigenvalue weighted by molar-refractivity contribution is 0.340. The van der Waals surface area contributed by atoms with E-state index in [9.17, 15) is 0 Å². The van der Waals surface area contributed by atoms with Gasteiger partial charge in [0.2, 0.25) is 0 Å². The predicted molar refractivity (Wildman–Crippen MR) is 79.5 cm³/mol. The van der Waals surface area contributed by atoms with Gasteiger partial charge >= 0.3 is 0 Å². The maximum absolute atomic E-state index is 5.56. The summed E-state index contributed by atoms with van der Waals surface area (Å²) in [6, 6.07) is 18.9. The Kier molecular flexibility index (Phi) is 3.00. The van der Waals surface area contributed by atoms with Crippen LogP contribution < -0.4 is 4.74 Å². The first-order chi connectivity index (χ1) is 9.29. The number of fused-ring (bicyclic) bond motifs is 1. The Morgan fingerprint density at radius 3 is 2.53 bits per heavy atom. The van der Waals surface area contributed by atoms with Crippen LogP contribution in [-0.4, -0.2) is 11.2 Å². The average molecular weight is 251 g/mol. The lowest BCUT2D eigenvalue weighted by Crippen LogP contribution is -1.92. The van der Waals surface area contributed by atoms with E-state index in [0.29, 0.717) is 6.61 Å². The van der Waals surface area contributed by atoms with Gasteiger partial charge in [0.1, 0.15) is 5.75 Å². The number of aromatic nitrogens is 1. The fourth-order valence-corrected chi connectivity index (χ4v) is 2.47. The van der Waals surface area contributed by atoms with Crippen molar-refractivity contribution in [1.82, 2.24) is 4.57 Å². The monoisotopic (exact) mass is 251 g/mol. The topological polar surface area (TPSA) is 14.2 Å². The third-order valence-corrected chi connectivity index (χ3v) is 3.39. The Hall–Kier alpha value is -2.22. The highest BCUT2D eigenvalue weighted by atomic mass is 16.5. The molecule has 0 aliphatic carbocycles. The number of nitrogens with zero attached hydrogens (tertiary/aromatic N) is 1. The maximum atomic E-state index is 5.56. The molecule has 19 heavy (non-hydrogen) atoms. The molecule has 0 saturated heterocycles. The normalized spacial score (nSPS) is 10.8. The molecule has 3 aromatic rings. The number of benzene rings is 2. The first-order valence-electron chi connectivity index (χ1n) is 6.57. The van der Waals surface area contributed by atoms with Gasteiger partial charge in [0, 0.05) is 23.6 Å². The summed E-state index contributed by atoms with van der Waals surface area (Å²) in [4.78, 5) is 0. The molecule has 0 spiro atoms. The van der Waals surface area contributed by atoms with Crippen molar-refractivity contribution >= 4 is 10.9 Å². The standard InChI is InChI=1S/C17H17NO/c1-3-19-15-9-10-16-14(11-15)12-17(18(16)2)13-7-5-4-6-8-13/h4-12H,3H2,1-2H3. The molecule has 0 aliphatic heterocycles. The van der Waals surface area contributed by atoms with E-state index in [4.69, 9.17) is 4.74 Å². The van der Waals surface area contributed by atoms with Crippen molar-refractivity contribution in [3.63, 3.8) is 0 Å². The molecule has 2 aromatic carbocycles. The van der Waals surface area contributed by atoms with E-state index in [1.54, 1.807) is 0 Å². The molecule has 0 fully saturated rings. The van der Waals surface area contributed by atoms with E-state index in [2.05, 4.69) is 54.1 Å². The largest absolute Gasteiger partial charge is 0.494 e. The molecule has 1 heterocycles. The van der Waals surface area contributed by atoms with Gasteiger partial charge in [-0.15, -0.1) is 0 Å². The first-order valence-corrected chi connectivity index (χ1v) is 6.57. The third kappa shape index (κ3) is 2.10. The molecule has 2 heteroatoms. The summed E-state index contributed by atoms with van der Waals surface area (Å²) in [6.07, 6.45) is 0. The van der Waals surface area contributed by atoms with Crippen molar-refractivity contribution in [1.29, 1.82) is 0 Å². The van der Waals surface area contributed by atoms with Gasteiger partial charge in [0.15, 0.2) is 0 Å². The Morgan fingerprint density at radius 1 is 1.00 bits per heavy atom. The van der Waals surface area contributed by atoms with Crippen LogP contribution in [0.3, 0.4) is 0 Å². The molecule has 0 radical (unpaired) electrons. The zero-order chi connectivity index (χ0) is 13.2. The van der Waals surface area contributed by atoms with Gasteiger partial charge in [-0.1, -0.05) is 30.3 Å². The van der Waals surface area contributed by atoms with Gasteiger partial charge in [-0.3, -0.25) is 0 Å². The quantitative estimate of drug-likeness (QED) is 0.679. The highest BCUT2D eigenvalue weighted by Gasteiger charge is 2.08. The molecule has 0 bridgehead atoms. The van der Waals surface area contributed by atoms with E-state index < -0.39 is 0 Å². The number of hydrogen-bond acceptors (Lipinski definition) is 1. The Balaban J connectivity index is 2.14. The van der Waals surface area contributed by atoms with Gasteiger partial charge < -0.3 is 9.30 Å². The lowest BCUT2D eigenvalue weighted by Gasteiger charge is -2.05. The molecular formula is C17H17NO. The Bertz CT molecular complexity index is 698. The summed E-state index contributed by atoms with van der Waals surface area (Å²) in [5, 5.41) is 1.22. The number of ether oxygens (including phenoxy) is 1. The van der Waals surface area contributed by atoms with Crippen LogP contribution in [0.25, 0.3) is 22.2 Å². The van der Waals surface area contributed by atoms with Crippen LogP contribution in [0.2, 0.25) is 0 Å². The lowest BCUT2D eigenvalue weighted by atomic mass is 10.1. The first kappa shape index (κ1) is 11.8. The van der Waals surface area contributed by atoms with Crippen LogP contribution in [0.4, 0.5) is 0 Å². The molecule has 0 aliphatic rings. The SMILES string of the molecule is CCOc1ccc2c(c1)cc(-c1ccccc1)n2C. The minimum Gasteiger partial charge on any atom is -0.494 e. The zero-order valence-corrected chi connectivity index (χ0v) is 11.3. The fraction of sp³-hybridized carbons (Fsp3) is 0.176. The summed E-state index contributed by atoms with van der Waals surface area (Å²) in [6.45, 7) is 2.70. The van der Waals surface area contributed by atoms with Crippen LogP contribution in [0.15, 0.2) is 54.6 Å². The van der Waals surface area contributed by atoms with E-state index in [1.165, 1.54) is 22.2 Å². The van der Waals surface area contributed by atoms with Crippen molar-refractivity contribution in [2.45, 2.75) is 6.92 Å². The molecule has 0 amide bonds. The maximum Gasteiger partial charge on any atom is 0.120 e. The average Bonchev–Trinajstić information content (AvgIpc) is 2.77. The molecule has 3 rings (SSSR count). The van der Waals surface area contributed by atoms with Crippen LogP contribution in [0.1, 0.15) is 6.92 Å². The van der Waals surface area contributed by atoms with Crippen molar-refractivity contribution in [2.24, 2.45) is 7.05 Å². The molecule has 2 nitrogen and oxygen atoms in total. The van der Waals surface area contributed by atoms with Crippen LogP contribution >= 0.6 is 0 Å². The van der Waals surface area contributed by atoms with Gasteiger partial charge in [0.05, 0.1) is 6.61 Å². The summed E-state index contributed by atoms with van der Waals surface area (Å²) in [5.41, 5.74) is 3.69. The van der Waals surface area contributed by atoms with E-state index in [1.807, 2.05) is 19.1 Å². The molecule has 96 valence electrons. The minimum absolute atomic E-state index is 0.698. The van der Waals surface area contributed by atoms with Gasteiger partial charge in [-0.2, -0.15) is 0 Å². The van der Waals surface area contributed by atoms with Crippen LogP contribution in [-0.2, 0) is 7.05 Å². The van der Waals surface area contributed by atoms with Crippen molar-refractivity contribution < 1.29 is 4.74 Å². The van der Waals surface area contributed by atoms with Crippen molar-refractivity contribution in [3.05, 3.63) is 54.6 Å². The Morgan fingerprint density at radius 2 is 1.79 bits per heavy atom. The Labute approximate surface area is 113 Å². The number of hydrogen-bond donors (Lipinski definition) is 0.